The Labute approximate surface area is 147 Å². The Bertz CT molecular complexity index is 530. The van der Waals surface area contributed by atoms with Gasteiger partial charge in [-0.1, -0.05) is 13.3 Å². The SMILES string of the molecule is CCCC(C)(N)C(=O)N1CCN(Cc2nccn2C(F)F)CC1.Cl. The van der Waals surface area contributed by atoms with Crippen LogP contribution in [0.5, 0.6) is 0 Å². The minimum atomic E-state index is -2.58. The number of halogens is 3. The van der Waals surface area contributed by atoms with Gasteiger partial charge in [-0.15, -0.1) is 12.4 Å². The summed E-state index contributed by atoms with van der Waals surface area (Å²) in [6, 6.07) is 0. The van der Waals surface area contributed by atoms with Crippen molar-refractivity contribution < 1.29 is 13.6 Å². The lowest BCUT2D eigenvalue weighted by molar-refractivity contribution is -0.138. The molecular formula is C15H26ClF2N5O. The molecule has 6 nitrogen and oxygen atoms in total. The lowest BCUT2D eigenvalue weighted by atomic mass is 9.95. The third kappa shape index (κ3) is 4.87. The first kappa shape index (κ1) is 20.8. The van der Waals surface area contributed by atoms with Crippen LogP contribution in [0.25, 0.3) is 0 Å². The number of amides is 1. The fourth-order valence-corrected chi connectivity index (χ4v) is 2.94. The van der Waals surface area contributed by atoms with E-state index >= 15 is 0 Å². The van der Waals surface area contributed by atoms with Crippen molar-refractivity contribution in [2.75, 3.05) is 26.2 Å². The van der Waals surface area contributed by atoms with Gasteiger partial charge in [0.1, 0.15) is 5.82 Å². The molecule has 1 aromatic heterocycles. The van der Waals surface area contributed by atoms with Crippen LogP contribution in [0.2, 0.25) is 0 Å². The zero-order valence-electron chi connectivity index (χ0n) is 14.1. The van der Waals surface area contributed by atoms with E-state index in [1.165, 1.54) is 12.4 Å². The zero-order chi connectivity index (χ0) is 17.0. The van der Waals surface area contributed by atoms with Crippen LogP contribution in [0, 0.1) is 0 Å². The molecular weight excluding hydrogens is 340 g/mol. The standard InChI is InChI=1S/C15H25F2N5O.ClH/c1-3-4-15(2,18)13(23)21-9-7-20(8-10-21)11-12-19-5-6-22(12)14(16)17;/h5-6,14H,3-4,7-11,18H2,1-2H3;1H. The van der Waals surface area contributed by atoms with Crippen LogP contribution in [0.15, 0.2) is 12.4 Å². The van der Waals surface area contributed by atoms with E-state index in [2.05, 4.69) is 4.98 Å². The minimum Gasteiger partial charge on any atom is -0.339 e. The molecule has 1 aliphatic heterocycles. The highest BCUT2D eigenvalue weighted by molar-refractivity contribution is 5.86. The van der Waals surface area contributed by atoms with Crippen LogP contribution in [0.1, 0.15) is 39.1 Å². The molecule has 0 saturated carbocycles. The van der Waals surface area contributed by atoms with E-state index in [1.54, 1.807) is 11.8 Å². The van der Waals surface area contributed by atoms with E-state index in [1.807, 2.05) is 11.8 Å². The van der Waals surface area contributed by atoms with Crippen LogP contribution in [0.3, 0.4) is 0 Å². The lowest BCUT2D eigenvalue weighted by Crippen LogP contribution is -2.58. The van der Waals surface area contributed by atoms with Crippen LogP contribution >= 0.6 is 12.4 Å². The molecule has 1 aromatic rings. The smallest absolute Gasteiger partial charge is 0.319 e. The largest absolute Gasteiger partial charge is 0.339 e. The summed E-state index contributed by atoms with van der Waals surface area (Å²) in [5, 5.41) is 0. The Balaban J connectivity index is 0.00000288. The molecule has 1 saturated heterocycles. The summed E-state index contributed by atoms with van der Waals surface area (Å²) >= 11 is 0. The summed E-state index contributed by atoms with van der Waals surface area (Å²) in [6.07, 6.45) is 4.17. The van der Waals surface area contributed by atoms with Gasteiger partial charge in [-0.25, -0.2) is 4.98 Å². The van der Waals surface area contributed by atoms with Crippen LogP contribution in [-0.2, 0) is 11.3 Å². The Kier molecular flexibility index (Phi) is 7.56. The Hall–Kier alpha value is -1.25. The molecule has 1 amide bonds. The van der Waals surface area contributed by atoms with Gasteiger partial charge in [0.2, 0.25) is 5.91 Å². The van der Waals surface area contributed by atoms with Crippen molar-refractivity contribution in [3.63, 3.8) is 0 Å². The minimum absolute atomic E-state index is 0. The van der Waals surface area contributed by atoms with Gasteiger partial charge in [-0.05, 0) is 13.3 Å². The van der Waals surface area contributed by atoms with Gasteiger partial charge in [-0.3, -0.25) is 14.3 Å². The Morgan fingerprint density at radius 3 is 2.54 bits per heavy atom. The number of nitrogens with zero attached hydrogens (tertiary/aromatic N) is 4. The van der Waals surface area contributed by atoms with E-state index in [4.69, 9.17) is 5.73 Å². The van der Waals surface area contributed by atoms with Gasteiger partial charge < -0.3 is 10.6 Å². The predicted octanol–water partition coefficient (Wildman–Crippen LogP) is 1.86. The topological polar surface area (TPSA) is 67.4 Å². The molecule has 0 spiro atoms. The molecule has 1 unspecified atom stereocenters. The molecule has 138 valence electrons. The summed E-state index contributed by atoms with van der Waals surface area (Å²) in [7, 11) is 0. The second kappa shape index (κ2) is 8.73. The Morgan fingerprint density at radius 1 is 1.38 bits per heavy atom. The van der Waals surface area contributed by atoms with E-state index < -0.39 is 12.1 Å². The van der Waals surface area contributed by atoms with Gasteiger partial charge in [0.15, 0.2) is 0 Å². The summed E-state index contributed by atoms with van der Waals surface area (Å²) in [5.41, 5.74) is 5.27. The first-order valence-electron chi connectivity index (χ1n) is 7.95. The van der Waals surface area contributed by atoms with Crippen molar-refractivity contribution in [3.05, 3.63) is 18.2 Å². The number of nitrogens with two attached hydrogens (primary N) is 1. The van der Waals surface area contributed by atoms with E-state index in [0.29, 0.717) is 45.0 Å². The highest BCUT2D eigenvalue weighted by Crippen LogP contribution is 2.17. The first-order chi connectivity index (χ1) is 10.8. The van der Waals surface area contributed by atoms with E-state index in [0.717, 1.165) is 11.0 Å². The average molecular weight is 366 g/mol. The van der Waals surface area contributed by atoms with Gasteiger partial charge in [0.25, 0.3) is 0 Å². The maximum absolute atomic E-state index is 12.8. The molecule has 9 heteroatoms. The molecule has 0 radical (unpaired) electrons. The molecule has 1 aliphatic rings. The fourth-order valence-electron chi connectivity index (χ4n) is 2.94. The van der Waals surface area contributed by atoms with Crippen molar-refractivity contribution in [1.82, 2.24) is 19.4 Å². The third-order valence-corrected chi connectivity index (χ3v) is 4.24. The number of imidazole rings is 1. The first-order valence-corrected chi connectivity index (χ1v) is 7.95. The van der Waals surface area contributed by atoms with Gasteiger partial charge in [-0.2, -0.15) is 8.78 Å². The molecule has 1 atom stereocenters. The molecule has 2 rings (SSSR count). The molecule has 0 bridgehead atoms. The van der Waals surface area contributed by atoms with Crippen molar-refractivity contribution in [2.45, 2.75) is 45.3 Å². The monoisotopic (exact) mass is 365 g/mol. The number of hydrogen-bond donors (Lipinski definition) is 1. The molecule has 2 N–H and O–H groups in total. The average Bonchev–Trinajstić information content (AvgIpc) is 2.95. The maximum Gasteiger partial charge on any atom is 0.319 e. The highest BCUT2D eigenvalue weighted by Gasteiger charge is 2.33. The predicted molar refractivity (Wildman–Crippen MR) is 90.1 cm³/mol. The number of aromatic nitrogens is 2. The normalized spacial score (nSPS) is 18.3. The van der Waals surface area contributed by atoms with Crippen molar-refractivity contribution in [2.24, 2.45) is 5.73 Å². The Morgan fingerprint density at radius 2 is 2.00 bits per heavy atom. The fraction of sp³-hybridized carbons (Fsp3) is 0.733. The number of hydrogen-bond acceptors (Lipinski definition) is 4. The van der Waals surface area contributed by atoms with Crippen molar-refractivity contribution in [3.8, 4) is 0 Å². The third-order valence-electron chi connectivity index (χ3n) is 4.24. The van der Waals surface area contributed by atoms with Crippen LogP contribution < -0.4 is 5.73 Å². The molecule has 2 heterocycles. The number of piperazine rings is 1. The summed E-state index contributed by atoms with van der Waals surface area (Å²) in [4.78, 5) is 20.2. The number of carbonyl (C=O) groups excluding carboxylic acids is 1. The van der Waals surface area contributed by atoms with Gasteiger partial charge >= 0.3 is 6.55 Å². The van der Waals surface area contributed by atoms with Gasteiger partial charge in [0.05, 0.1) is 12.1 Å². The second-order valence-corrected chi connectivity index (χ2v) is 6.26. The quantitative estimate of drug-likeness (QED) is 0.835. The number of carbonyl (C=O) groups is 1. The number of alkyl halides is 2. The molecule has 1 fully saturated rings. The van der Waals surface area contributed by atoms with Crippen molar-refractivity contribution in [1.29, 1.82) is 0 Å². The van der Waals surface area contributed by atoms with Gasteiger partial charge in [0, 0.05) is 38.6 Å². The van der Waals surface area contributed by atoms with Crippen LogP contribution in [0.4, 0.5) is 8.78 Å². The highest BCUT2D eigenvalue weighted by atomic mass is 35.5. The lowest BCUT2D eigenvalue weighted by Gasteiger charge is -2.38. The zero-order valence-corrected chi connectivity index (χ0v) is 14.9. The molecule has 0 aromatic carbocycles. The molecule has 24 heavy (non-hydrogen) atoms. The summed E-state index contributed by atoms with van der Waals surface area (Å²) < 4.78 is 26.5. The number of rotatable bonds is 6. The summed E-state index contributed by atoms with van der Waals surface area (Å²) in [5.74, 6) is 0.308. The van der Waals surface area contributed by atoms with E-state index in [9.17, 15) is 13.6 Å². The van der Waals surface area contributed by atoms with E-state index in [-0.39, 0.29) is 18.3 Å². The second-order valence-electron chi connectivity index (χ2n) is 6.26. The van der Waals surface area contributed by atoms with Crippen LogP contribution in [-0.4, -0.2) is 57.0 Å². The molecule has 0 aliphatic carbocycles. The maximum atomic E-state index is 12.8. The summed E-state index contributed by atoms with van der Waals surface area (Å²) in [6.45, 7) is 3.92. The van der Waals surface area contributed by atoms with Crippen molar-refractivity contribution >= 4 is 18.3 Å².